The standard InChI is InChI=1S/C14H12N2OS/c17-14-13-11(8-9-18-13)15-12(16-14)7-6-10-4-2-1-3-5-10/h1-5,8-9H,6-7H2,(H,15,16,17). The minimum absolute atomic E-state index is 0.0296. The van der Waals surface area contributed by atoms with Crippen LogP contribution in [0.5, 0.6) is 0 Å². The Morgan fingerprint density at radius 1 is 1.11 bits per heavy atom. The van der Waals surface area contributed by atoms with E-state index >= 15 is 0 Å². The van der Waals surface area contributed by atoms with Crippen molar-refractivity contribution in [1.29, 1.82) is 0 Å². The van der Waals surface area contributed by atoms with Gasteiger partial charge in [0.2, 0.25) is 0 Å². The highest BCUT2D eigenvalue weighted by atomic mass is 32.1. The molecule has 0 aliphatic carbocycles. The van der Waals surface area contributed by atoms with Crippen LogP contribution < -0.4 is 5.56 Å². The SMILES string of the molecule is O=c1[nH]c(CCc2ccccc2)nc2ccsc12. The fourth-order valence-electron chi connectivity index (χ4n) is 1.95. The fraction of sp³-hybridized carbons (Fsp3) is 0.143. The summed E-state index contributed by atoms with van der Waals surface area (Å²) >= 11 is 1.43. The highest BCUT2D eigenvalue weighted by Crippen LogP contribution is 2.14. The number of nitrogens with one attached hydrogen (secondary N) is 1. The predicted octanol–water partition coefficient (Wildman–Crippen LogP) is 2.77. The molecule has 0 aliphatic heterocycles. The summed E-state index contributed by atoms with van der Waals surface area (Å²) in [6.07, 6.45) is 1.64. The molecule has 0 atom stereocenters. The average Bonchev–Trinajstić information content (AvgIpc) is 2.86. The molecule has 1 aromatic carbocycles. The molecule has 3 rings (SSSR count). The molecule has 0 unspecified atom stereocenters. The lowest BCUT2D eigenvalue weighted by Crippen LogP contribution is -2.11. The minimum Gasteiger partial charge on any atom is -0.309 e. The first-order chi connectivity index (χ1) is 8.83. The second-order valence-electron chi connectivity index (χ2n) is 4.13. The van der Waals surface area contributed by atoms with Crippen molar-refractivity contribution in [3.63, 3.8) is 0 Å². The third-order valence-electron chi connectivity index (χ3n) is 2.86. The van der Waals surface area contributed by atoms with Crippen LogP contribution in [-0.2, 0) is 12.8 Å². The van der Waals surface area contributed by atoms with E-state index in [0.29, 0.717) is 4.70 Å². The van der Waals surface area contributed by atoms with Gasteiger partial charge >= 0.3 is 0 Å². The molecule has 90 valence electrons. The Hall–Kier alpha value is -1.94. The number of aromatic amines is 1. The Kier molecular flexibility index (Phi) is 2.94. The van der Waals surface area contributed by atoms with Crippen LogP contribution in [0.25, 0.3) is 10.2 Å². The highest BCUT2D eigenvalue weighted by Gasteiger charge is 2.04. The number of thiophene rings is 1. The van der Waals surface area contributed by atoms with Gasteiger partial charge in [-0.3, -0.25) is 4.79 Å². The number of fused-ring (bicyclic) bond motifs is 1. The average molecular weight is 256 g/mol. The van der Waals surface area contributed by atoms with E-state index in [9.17, 15) is 4.79 Å². The molecule has 0 fully saturated rings. The monoisotopic (exact) mass is 256 g/mol. The zero-order chi connectivity index (χ0) is 12.4. The van der Waals surface area contributed by atoms with Gasteiger partial charge < -0.3 is 4.98 Å². The first-order valence-corrected chi connectivity index (χ1v) is 6.71. The zero-order valence-corrected chi connectivity index (χ0v) is 10.5. The van der Waals surface area contributed by atoms with Crippen LogP contribution in [0, 0.1) is 0 Å². The van der Waals surface area contributed by atoms with Gasteiger partial charge in [0.1, 0.15) is 10.5 Å². The zero-order valence-electron chi connectivity index (χ0n) is 9.72. The van der Waals surface area contributed by atoms with Crippen LogP contribution in [0.1, 0.15) is 11.4 Å². The van der Waals surface area contributed by atoms with Gasteiger partial charge in [0.25, 0.3) is 5.56 Å². The van der Waals surface area contributed by atoms with Gasteiger partial charge in [-0.25, -0.2) is 4.98 Å². The Bertz CT molecular complexity index is 715. The van der Waals surface area contributed by atoms with Gasteiger partial charge in [0.05, 0.1) is 5.52 Å². The summed E-state index contributed by atoms with van der Waals surface area (Å²) in [5.74, 6) is 0.759. The van der Waals surface area contributed by atoms with E-state index in [1.54, 1.807) is 0 Å². The molecule has 0 saturated heterocycles. The van der Waals surface area contributed by atoms with E-state index in [4.69, 9.17) is 0 Å². The molecule has 18 heavy (non-hydrogen) atoms. The number of rotatable bonds is 3. The quantitative estimate of drug-likeness (QED) is 0.783. The van der Waals surface area contributed by atoms with Crippen LogP contribution in [-0.4, -0.2) is 9.97 Å². The molecule has 2 heterocycles. The topological polar surface area (TPSA) is 45.8 Å². The summed E-state index contributed by atoms with van der Waals surface area (Å²) in [5, 5.41) is 1.90. The first-order valence-electron chi connectivity index (χ1n) is 5.83. The predicted molar refractivity (Wildman–Crippen MR) is 74.1 cm³/mol. The van der Waals surface area contributed by atoms with Gasteiger partial charge in [-0.15, -0.1) is 11.3 Å². The van der Waals surface area contributed by atoms with Crippen LogP contribution >= 0.6 is 11.3 Å². The molecule has 0 spiro atoms. The molecule has 1 N–H and O–H groups in total. The lowest BCUT2D eigenvalue weighted by molar-refractivity contribution is 0.862. The summed E-state index contributed by atoms with van der Waals surface area (Å²) < 4.78 is 0.707. The maximum Gasteiger partial charge on any atom is 0.268 e. The van der Waals surface area contributed by atoms with Crippen molar-refractivity contribution in [2.45, 2.75) is 12.8 Å². The third kappa shape index (κ3) is 2.19. The van der Waals surface area contributed by atoms with Crippen LogP contribution in [0.15, 0.2) is 46.6 Å². The molecule has 0 amide bonds. The molecule has 3 aromatic rings. The van der Waals surface area contributed by atoms with Crippen molar-refractivity contribution in [2.24, 2.45) is 0 Å². The molecule has 0 saturated carbocycles. The Morgan fingerprint density at radius 3 is 2.78 bits per heavy atom. The van der Waals surface area contributed by atoms with Crippen molar-refractivity contribution in [2.75, 3.05) is 0 Å². The van der Waals surface area contributed by atoms with Crippen LogP contribution in [0.3, 0.4) is 0 Å². The number of nitrogens with zero attached hydrogens (tertiary/aromatic N) is 1. The van der Waals surface area contributed by atoms with Gasteiger partial charge in [-0.2, -0.15) is 0 Å². The summed E-state index contributed by atoms with van der Waals surface area (Å²) in [6.45, 7) is 0. The summed E-state index contributed by atoms with van der Waals surface area (Å²) in [4.78, 5) is 19.1. The number of H-pyrrole nitrogens is 1. The van der Waals surface area contributed by atoms with Crippen LogP contribution in [0.2, 0.25) is 0 Å². The van der Waals surface area contributed by atoms with Crippen molar-refractivity contribution in [1.82, 2.24) is 9.97 Å². The smallest absolute Gasteiger partial charge is 0.268 e. The minimum atomic E-state index is -0.0296. The van der Waals surface area contributed by atoms with Gasteiger partial charge in [0.15, 0.2) is 0 Å². The molecule has 0 aliphatic rings. The largest absolute Gasteiger partial charge is 0.309 e. The summed E-state index contributed by atoms with van der Waals surface area (Å²) in [6, 6.07) is 12.1. The van der Waals surface area contributed by atoms with Gasteiger partial charge in [0, 0.05) is 6.42 Å². The van der Waals surface area contributed by atoms with Crippen molar-refractivity contribution >= 4 is 21.6 Å². The second kappa shape index (κ2) is 4.74. The summed E-state index contributed by atoms with van der Waals surface area (Å²) in [7, 11) is 0. The van der Waals surface area contributed by atoms with Crippen molar-refractivity contribution in [3.05, 3.63) is 63.5 Å². The molecule has 0 bridgehead atoms. The summed E-state index contributed by atoms with van der Waals surface area (Å²) in [5.41, 5.74) is 2.02. The number of hydrogen-bond donors (Lipinski definition) is 1. The number of aryl methyl sites for hydroxylation is 2. The molecule has 0 radical (unpaired) electrons. The number of aromatic nitrogens is 2. The first kappa shape index (κ1) is 11.2. The Morgan fingerprint density at radius 2 is 1.94 bits per heavy atom. The van der Waals surface area contributed by atoms with E-state index in [1.807, 2.05) is 29.6 Å². The molecular weight excluding hydrogens is 244 g/mol. The third-order valence-corrected chi connectivity index (χ3v) is 3.76. The van der Waals surface area contributed by atoms with Crippen molar-refractivity contribution in [3.8, 4) is 0 Å². The van der Waals surface area contributed by atoms with E-state index < -0.39 is 0 Å². The Balaban J connectivity index is 1.85. The fourth-order valence-corrected chi connectivity index (χ4v) is 2.67. The molecule has 4 heteroatoms. The lowest BCUT2D eigenvalue weighted by Gasteiger charge is -2.01. The Labute approximate surface area is 108 Å². The second-order valence-corrected chi connectivity index (χ2v) is 5.05. The highest BCUT2D eigenvalue weighted by molar-refractivity contribution is 7.17. The molecule has 2 aromatic heterocycles. The molecular formula is C14H12N2OS. The lowest BCUT2D eigenvalue weighted by atomic mass is 10.1. The van der Waals surface area contributed by atoms with E-state index in [1.165, 1.54) is 16.9 Å². The van der Waals surface area contributed by atoms with Gasteiger partial charge in [-0.1, -0.05) is 30.3 Å². The van der Waals surface area contributed by atoms with Gasteiger partial charge in [-0.05, 0) is 23.4 Å². The number of hydrogen-bond acceptors (Lipinski definition) is 3. The van der Waals surface area contributed by atoms with E-state index in [2.05, 4.69) is 22.1 Å². The van der Waals surface area contributed by atoms with Crippen molar-refractivity contribution < 1.29 is 0 Å². The maximum absolute atomic E-state index is 11.8. The molecule has 3 nitrogen and oxygen atoms in total. The van der Waals surface area contributed by atoms with E-state index in [-0.39, 0.29) is 5.56 Å². The normalized spacial score (nSPS) is 10.9. The van der Waals surface area contributed by atoms with E-state index in [0.717, 1.165) is 24.2 Å². The maximum atomic E-state index is 11.8. The number of benzene rings is 1. The van der Waals surface area contributed by atoms with Crippen LogP contribution in [0.4, 0.5) is 0 Å².